The van der Waals surface area contributed by atoms with Crippen LogP contribution in [0.1, 0.15) is 36.6 Å². The highest BCUT2D eigenvalue weighted by Gasteiger charge is 2.15. The highest BCUT2D eigenvalue weighted by atomic mass is 16.1. The van der Waals surface area contributed by atoms with Crippen LogP contribution < -0.4 is 5.32 Å². The lowest BCUT2D eigenvalue weighted by atomic mass is 10.0. The zero-order valence-corrected chi connectivity index (χ0v) is 15.9. The number of nitrogens with zero attached hydrogens (tertiary/aromatic N) is 2. The minimum Gasteiger partial charge on any atom is -0.345 e. The molecule has 1 atom stereocenters. The third-order valence-corrected chi connectivity index (χ3v) is 4.63. The molecule has 0 unspecified atom stereocenters. The quantitative estimate of drug-likeness (QED) is 0.498. The molecule has 1 amide bonds. The number of amides is 1. The van der Waals surface area contributed by atoms with E-state index in [1.165, 1.54) is 5.56 Å². The number of hydrogen-bond acceptors (Lipinski definition) is 3. The van der Waals surface area contributed by atoms with Gasteiger partial charge in [0, 0.05) is 11.1 Å². The third kappa shape index (κ3) is 4.36. The molecule has 5 nitrogen and oxygen atoms in total. The van der Waals surface area contributed by atoms with Crippen molar-refractivity contribution in [3.8, 4) is 17.3 Å². The van der Waals surface area contributed by atoms with Gasteiger partial charge in [-0.3, -0.25) is 9.89 Å². The number of aryl methyl sites for hydroxylation is 1. The predicted octanol–water partition coefficient (Wildman–Crippen LogP) is 4.42. The molecule has 0 aliphatic rings. The summed E-state index contributed by atoms with van der Waals surface area (Å²) in [4.78, 5) is 12.6. The van der Waals surface area contributed by atoms with E-state index in [-0.39, 0.29) is 11.6 Å². The lowest BCUT2D eigenvalue weighted by Crippen LogP contribution is -2.27. The number of H-pyrrole nitrogens is 1. The number of nitrogens with one attached hydrogen (secondary N) is 2. The Morgan fingerprint density at radius 1 is 1.21 bits per heavy atom. The van der Waals surface area contributed by atoms with Crippen molar-refractivity contribution in [2.45, 2.75) is 26.3 Å². The summed E-state index contributed by atoms with van der Waals surface area (Å²) in [6.07, 6.45) is 4.16. The van der Waals surface area contributed by atoms with Crippen LogP contribution in [-0.4, -0.2) is 16.1 Å². The molecular weight excluding hydrogens is 348 g/mol. The number of aromatic amines is 1. The first kappa shape index (κ1) is 19.1. The second kappa shape index (κ2) is 8.83. The molecule has 5 heteroatoms. The largest absolute Gasteiger partial charge is 0.345 e. The fourth-order valence-corrected chi connectivity index (χ4v) is 2.95. The molecule has 140 valence electrons. The Morgan fingerprint density at radius 2 is 1.93 bits per heavy atom. The van der Waals surface area contributed by atoms with Crippen molar-refractivity contribution >= 4 is 12.0 Å². The minimum atomic E-state index is -0.410. The van der Waals surface area contributed by atoms with E-state index in [0.29, 0.717) is 5.56 Å². The Balaban J connectivity index is 1.82. The number of carbonyl (C=O) groups is 1. The van der Waals surface area contributed by atoms with Gasteiger partial charge >= 0.3 is 0 Å². The SMILES string of the molecule is CCc1ccc(-c2[nH]ncc2/C=C(/C#N)C(=O)N[C@@H](C)c2ccccc2)cc1. The van der Waals surface area contributed by atoms with E-state index in [9.17, 15) is 10.1 Å². The van der Waals surface area contributed by atoms with E-state index >= 15 is 0 Å². The highest BCUT2D eigenvalue weighted by molar-refractivity contribution is 6.02. The Kier molecular flexibility index (Phi) is 6.03. The zero-order valence-electron chi connectivity index (χ0n) is 15.9. The molecule has 0 fully saturated rings. The van der Waals surface area contributed by atoms with Gasteiger partial charge in [0.2, 0.25) is 0 Å². The van der Waals surface area contributed by atoms with Crippen LogP contribution in [0.25, 0.3) is 17.3 Å². The number of benzene rings is 2. The van der Waals surface area contributed by atoms with E-state index in [1.54, 1.807) is 12.3 Å². The highest BCUT2D eigenvalue weighted by Crippen LogP contribution is 2.24. The van der Waals surface area contributed by atoms with Crippen LogP contribution in [0.3, 0.4) is 0 Å². The van der Waals surface area contributed by atoms with Crippen molar-refractivity contribution in [1.29, 1.82) is 5.26 Å². The van der Waals surface area contributed by atoms with Gasteiger partial charge in [0.1, 0.15) is 11.6 Å². The molecule has 1 aromatic heterocycles. The van der Waals surface area contributed by atoms with Gasteiger partial charge in [-0.05, 0) is 30.5 Å². The lowest BCUT2D eigenvalue weighted by Gasteiger charge is -2.13. The molecule has 0 bridgehead atoms. The molecule has 3 aromatic rings. The zero-order chi connectivity index (χ0) is 19.9. The summed E-state index contributed by atoms with van der Waals surface area (Å²) in [5, 5.41) is 19.4. The first-order chi connectivity index (χ1) is 13.6. The average molecular weight is 370 g/mol. The fourth-order valence-electron chi connectivity index (χ4n) is 2.95. The summed E-state index contributed by atoms with van der Waals surface area (Å²) in [6.45, 7) is 3.99. The molecule has 0 aliphatic heterocycles. The Labute approximate surface area is 164 Å². The third-order valence-electron chi connectivity index (χ3n) is 4.63. The van der Waals surface area contributed by atoms with Crippen molar-refractivity contribution in [2.24, 2.45) is 0 Å². The van der Waals surface area contributed by atoms with Gasteiger partial charge in [0.15, 0.2) is 0 Å². The van der Waals surface area contributed by atoms with E-state index in [2.05, 4.69) is 34.6 Å². The number of rotatable bonds is 6. The van der Waals surface area contributed by atoms with E-state index in [1.807, 2.05) is 55.5 Å². The first-order valence-electron chi connectivity index (χ1n) is 9.22. The molecule has 1 heterocycles. The van der Waals surface area contributed by atoms with Gasteiger partial charge in [0.05, 0.1) is 17.9 Å². The molecule has 2 N–H and O–H groups in total. The maximum atomic E-state index is 12.6. The topological polar surface area (TPSA) is 81.6 Å². The average Bonchev–Trinajstić information content (AvgIpc) is 3.20. The van der Waals surface area contributed by atoms with Gasteiger partial charge in [-0.1, -0.05) is 61.5 Å². The summed E-state index contributed by atoms with van der Waals surface area (Å²) >= 11 is 0. The van der Waals surface area contributed by atoms with Gasteiger partial charge in [-0.2, -0.15) is 10.4 Å². The molecule has 0 radical (unpaired) electrons. The van der Waals surface area contributed by atoms with Crippen molar-refractivity contribution < 1.29 is 4.79 Å². The fraction of sp³-hybridized carbons (Fsp3) is 0.174. The van der Waals surface area contributed by atoms with Gasteiger partial charge < -0.3 is 5.32 Å². The first-order valence-corrected chi connectivity index (χ1v) is 9.22. The second-order valence-corrected chi connectivity index (χ2v) is 6.53. The molecule has 2 aromatic carbocycles. The summed E-state index contributed by atoms with van der Waals surface area (Å²) in [7, 11) is 0. The number of hydrogen-bond donors (Lipinski definition) is 2. The van der Waals surface area contributed by atoms with E-state index in [4.69, 9.17) is 0 Å². The second-order valence-electron chi connectivity index (χ2n) is 6.53. The van der Waals surface area contributed by atoms with Crippen LogP contribution in [0.15, 0.2) is 66.4 Å². The van der Waals surface area contributed by atoms with Crippen molar-refractivity contribution in [3.63, 3.8) is 0 Å². The van der Waals surface area contributed by atoms with Crippen molar-refractivity contribution in [2.75, 3.05) is 0 Å². The van der Waals surface area contributed by atoms with Crippen LogP contribution in [0.4, 0.5) is 0 Å². The Hall–Kier alpha value is -3.65. The van der Waals surface area contributed by atoms with Crippen LogP contribution in [-0.2, 0) is 11.2 Å². The summed E-state index contributed by atoms with van der Waals surface area (Å²) in [5.74, 6) is -0.410. The normalized spacial score (nSPS) is 12.2. The van der Waals surface area contributed by atoms with Crippen molar-refractivity contribution in [3.05, 3.63) is 83.1 Å². The smallest absolute Gasteiger partial charge is 0.262 e. The Bertz CT molecular complexity index is 1010. The molecule has 28 heavy (non-hydrogen) atoms. The number of nitriles is 1. The van der Waals surface area contributed by atoms with E-state index in [0.717, 1.165) is 23.2 Å². The Morgan fingerprint density at radius 3 is 2.57 bits per heavy atom. The summed E-state index contributed by atoms with van der Waals surface area (Å²) in [5.41, 5.74) is 4.69. The lowest BCUT2D eigenvalue weighted by molar-refractivity contribution is -0.117. The van der Waals surface area contributed by atoms with Crippen molar-refractivity contribution in [1.82, 2.24) is 15.5 Å². The molecule has 0 saturated heterocycles. The number of carbonyl (C=O) groups excluding carboxylic acids is 1. The van der Waals surface area contributed by atoms with Crippen LogP contribution >= 0.6 is 0 Å². The van der Waals surface area contributed by atoms with Gasteiger partial charge in [0.25, 0.3) is 5.91 Å². The van der Waals surface area contributed by atoms with Crippen LogP contribution in [0.5, 0.6) is 0 Å². The summed E-state index contributed by atoms with van der Waals surface area (Å²) in [6, 6.07) is 19.6. The minimum absolute atomic E-state index is 0.0376. The molecular formula is C23H22N4O. The maximum absolute atomic E-state index is 12.6. The maximum Gasteiger partial charge on any atom is 0.262 e. The number of aromatic nitrogens is 2. The van der Waals surface area contributed by atoms with Crippen LogP contribution in [0, 0.1) is 11.3 Å². The molecule has 0 spiro atoms. The predicted molar refractivity (Wildman–Crippen MR) is 110 cm³/mol. The summed E-state index contributed by atoms with van der Waals surface area (Å²) < 4.78 is 0. The molecule has 3 rings (SSSR count). The van der Waals surface area contributed by atoms with E-state index < -0.39 is 5.91 Å². The van der Waals surface area contributed by atoms with Gasteiger partial charge in [-0.25, -0.2) is 0 Å². The van der Waals surface area contributed by atoms with Gasteiger partial charge in [-0.15, -0.1) is 0 Å². The monoisotopic (exact) mass is 370 g/mol. The molecule has 0 saturated carbocycles. The molecule has 0 aliphatic carbocycles. The standard InChI is InChI=1S/C23H22N4O/c1-3-17-9-11-19(12-10-17)22-21(15-25-27-22)13-20(14-24)23(28)26-16(2)18-7-5-4-6-8-18/h4-13,15-16H,3H2,1-2H3,(H,25,27)(H,26,28)/b20-13-/t16-/m0/s1. The van der Waals surface area contributed by atoms with Crippen LogP contribution in [0.2, 0.25) is 0 Å².